The number of hydrazone groups is 1. The summed E-state index contributed by atoms with van der Waals surface area (Å²) in [5, 5.41) is 4.23. The van der Waals surface area contributed by atoms with Crippen LogP contribution in [0.5, 0.6) is 0 Å². The minimum absolute atomic E-state index is 0.314. The molecule has 2 atom stereocenters. The van der Waals surface area contributed by atoms with Gasteiger partial charge in [0, 0.05) is 11.1 Å². The number of hydrogen-bond donors (Lipinski definition) is 1. The summed E-state index contributed by atoms with van der Waals surface area (Å²) >= 11 is 0. The Kier molecular flexibility index (Phi) is 6.92. The van der Waals surface area contributed by atoms with Crippen molar-refractivity contribution in [3.8, 4) is 0 Å². The molecule has 1 saturated carbocycles. The van der Waals surface area contributed by atoms with Gasteiger partial charge in [-0.3, -0.25) is 24.1 Å². The second-order valence-corrected chi connectivity index (χ2v) is 8.15. The number of carbonyl (C=O) groups excluding carboxylic acids is 4. The molecule has 1 N–H and O–H groups in total. The number of esters is 1. The third kappa shape index (κ3) is 5.16. The lowest BCUT2D eigenvalue weighted by atomic mass is 9.81. The molecule has 1 aliphatic heterocycles. The Morgan fingerprint density at radius 1 is 0.879 bits per heavy atom. The van der Waals surface area contributed by atoms with Crippen molar-refractivity contribution in [2.45, 2.75) is 25.7 Å². The van der Waals surface area contributed by atoms with Crippen molar-refractivity contribution in [3.63, 3.8) is 0 Å². The molecule has 2 aliphatic rings. The highest BCUT2D eigenvalue weighted by atomic mass is 16.5. The van der Waals surface area contributed by atoms with Gasteiger partial charge in [-0.2, -0.15) is 5.10 Å². The minimum atomic E-state index is -0.805. The van der Waals surface area contributed by atoms with Crippen LogP contribution in [-0.4, -0.2) is 47.5 Å². The molecule has 0 bridgehead atoms. The van der Waals surface area contributed by atoms with Gasteiger partial charge in [-0.1, -0.05) is 73.5 Å². The van der Waals surface area contributed by atoms with E-state index in [0.717, 1.165) is 28.9 Å². The van der Waals surface area contributed by atoms with Crippen LogP contribution in [0.2, 0.25) is 0 Å². The van der Waals surface area contributed by atoms with E-state index in [1.54, 1.807) is 0 Å². The van der Waals surface area contributed by atoms with E-state index in [1.165, 1.54) is 0 Å². The maximum Gasteiger partial charge on any atom is 0.326 e. The van der Waals surface area contributed by atoms with Crippen molar-refractivity contribution in [1.82, 2.24) is 10.3 Å². The Balaban J connectivity index is 1.34. The van der Waals surface area contributed by atoms with Gasteiger partial charge >= 0.3 is 5.97 Å². The lowest BCUT2D eigenvalue weighted by Crippen LogP contribution is -2.37. The van der Waals surface area contributed by atoms with Crippen LogP contribution in [-0.2, 0) is 23.9 Å². The molecule has 2 fully saturated rings. The van der Waals surface area contributed by atoms with Crippen molar-refractivity contribution in [1.29, 1.82) is 0 Å². The molecule has 3 amide bonds. The number of carbonyl (C=O) groups is 4. The SMILES string of the molecule is O=C(COC(=O)CN1C(=O)C2CCCCC2C1=O)NN=C(c1ccccc1)c1ccccc1. The monoisotopic (exact) mass is 447 g/mol. The van der Waals surface area contributed by atoms with Gasteiger partial charge in [0.1, 0.15) is 6.54 Å². The number of imide groups is 1. The first kappa shape index (κ1) is 22.4. The van der Waals surface area contributed by atoms with E-state index in [1.807, 2.05) is 60.7 Å². The van der Waals surface area contributed by atoms with Crippen LogP contribution in [0.3, 0.4) is 0 Å². The number of nitrogens with one attached hydrogen (secondary N) is 1. The summed E-state index contributed by atoms with van der Waals surface area (Å²) in [5.41, 5.74) is 4.60. The Labute approximate surface area is 191 Å². The van der Waals surface area contributed by atoms with Crippen LogP contribution < -0.4 is 5.43 Å². The predicted molar refractivity (Wildman–Crippen MR) is 120 cm³/mol. The highest BCUT2D eigenvalue weighted by molar-refractivity contribution is 6.13. The first-order valence-corrected chi connectivity index (χ1v) is 11.0. The van der Waals surface area contributed by atoms with E-state index in [4.69, 9.17) is 4.74 Å². The van der Waals surface area contributed by atoms with Crippen molar-refractivity contribution < 1.29 is 23.9 Å². The van der Waals surface area contributed by atoms with Crippen molar-refractivity contribution in [2.24, 2.45) is 16.9 Å². The molecule has 2 aromatic carbocycles. The molecule has 0 spiro atoms. The highest BCUT2D eigenvalue weighted by Crippen LogP contribution is 2.37. The smallest absolute Gasteiger partial charge is 0.326 e. The zero-order valence-corrected chi connectivity index (χ0v) is 18.1. The number of benzene rings is 2. The number of nitrogens with zero attached hydrogens (tertiary/aromatic N) is 2. The maximum absolute atomic E-state index is 12.5. The molecule has 0 aromatic heterocycles. The van der Waals surface area contributed by atoms with Crippen LogP contribution in [0.25, 0.3) is 0 Å². The van der Waals surface area contributed by atoms with E-state index in [-0.39, 0.29) is 23.7 Å². The minimum Gasteiger partial charge on any atom is -0.454 e. The van der Waals surface area contributed by atoms with E-state index in [2.05, 4.69) is 10.5 Å². The van der Waals surface area contributed by atoms with Gasteiger partial charge in [0.05, 0.1) is 17.5 Å². The van der Waals surface area contributed by atoms with Gasteiger partial charge in [-0.05, 0) is 12.8 Å². The quantitative estimate of drug-likeness (QED) is 0.303. The van der Waals surface area contributed by atoms with Crippen LogP contribution in [0, 0.1) is 11.8 Å². The fourth-order valence-electron chi connectivity index (χ4n) is 4.35. The van der Waals surface area contributed by atoms with E-state index in [0.29, 0.717) is 18.6 Å². The molecule has 1 aliphatic carbocycles. The maximum atomic E-state index is 12.5. The molecule has 170 valence electrons. The lowest BCUT2D eigenvalue weighted by molar-refractivity contribution is -0.154. The van der Waals surface area contributed by atoms with Crippen molar-refractivity contribution in [2.75, 3.05) is 13.2 Å². The highest BCUT2D eigenvalue weighted by Gasteiger charge is 2.48. The molecule has 2 aromatic rings. The number of likely N-dealkylation sites (tertiary alicyclic amines) is 1. The molecule has 8 nitrogen and oxygen atoms in total. The Morgan fingerprint density at radius 3 is 1.91 bits per heavy atom. The van der Waals surface area contributed by atoms with Gasteiger partial charge in [0.2, 0.25) is 11.8 Å². The number of hydrogen-bond acceptors (Lipinski definition) is 6. The average molecular weight is 447 g/mol. The fourth-order valence-corrected chi connectivity index (χ4v) is 4.35. The molecular weight excluding hydrogens is 422 g/mol. The number of fused-ring (bicyclic) bond motifs is 1. The van der Waals surface area contributed by atoms with E-state index >= 15 is 0 Å². The van der Waals surface area contributed by atoms with Crippen LogP contribution >= 0.6 is 0 Å². The number of amides is 3. The summed E-state index contributed by atoms with van der Waals surface area (Å²) in [6.45, 7) is -1.04. The van der Waals surface area contributed by atoms with Crippen LogP contribution in [0.15, 0.2) is 65.8 Å². The zero-order valence-electron chi connectivity index (χ0n) is 18.1. The normalized spacial score (nSPS) is 19.6. The largest absolute Gasteiger partial charge is 0.454 e. The molecular formula is C25H25N3O5. The van der Waals surface area contributed by atoms with Crippen LogP contribution in [0.4, 0.5) is 0 Å². The number of ether oxygens (including phenoxy) is 1. The third-order valence-electron chi connectivity index (χ3n) is 5.97. The first-order chi connectivity index (χ1) is 16.0. The third-order valence-corrected chi connectivity index (χ3v) is 5.97. The standard InChI is InChI=1S/C25H25N3O5/c29-21(26-27-23(17-9-3-1-4-10-17)18-11-5-2-6-12-18)16-33-22(30)15-28-24(31)19-13-7-8-14-20(19)25(28)32/h1-6,9-12,19-20H,7-8,13-16H2,(H,26,29). The first-order valence-electron chi connectivity index (χ1n) is 11.0. The summed E-state index contributed by atoms with van der Waals surface area (Å²) in [6.07, 6.45) is 3.17. The Bertz CT molecular complexity index is 1000. The summed E-state index contributed by atoms with van der Waals surface area (Å²) in [6, 6.07) is 18.7. The Morgan fingerprint density at radius 2 is 1.39 bits per heavy atom. The second-order valence-electron chi connectivity index (χ2n) is 8.15. The van der Waals surface area contributed by atoms with Crippen LogP contribution in [0.1, 0.15) is 36.8 Å². The zero-order chi connectivity index (χ0) is 23.2. The van der Waals surface area contributed by atoms with Crippen molar-refractivity contribution >= 4 is 29.4 Å². The van der Waals surface area contributed by atoms with Gasteiger partial charge in [0.25, 0.3) is 5.91 Å². The Hall–Kier alpha value is -3.81. The lowest BCUT2D eigenvalue weighted by Gasteiger charge is -2.19. The van der Waals surface area contributed by atoms with Gasteiger partial charge < -0.3 is 4.74 Å². The molecule has 8 heteroatoms. The summed E-state index contributed by atoms with van der Waals surface area (Å²) < 4.78 is 4.99. The number of rotatable bonds is 7. The molecule has 1 saturated heterocycles. The summed E-state index contributed by atoms with van der Waals surface area (Å²) in [4.78, 5) is 50.4. The topological polar surface area (TPSA) is 105 Å². The average Bonchev–Trinajstić information content (AvgIpc) is 3.09. The molecule has 4 rings (SSSR count). The predicted octanol–water partition coefficient (Wildman–Crippen LogP) is 2.27. The molecule has 33 heavy (non-hydrogen) atoms. The summed E-state index contributed by atoms with van der Waals surface area (Å²) in [7, 11) is 0. The fraction of sp³-hybridized carbons (Fsp3) is 0.320. The van der Waals surface area contributed by atoms with Gasteiger partial charge in [-0.15, -0.1) is 0 Å². The van der Waals surface area contributed by atoms with Gasteiger partial charge in [0.15, 0.2) is 6.61 Å². The molecule has 2 unspecified atom stereocenters. The summed E-state index contributed by atoms with van der Waals surface area (Å²) in [5.74, 6) is -2.71. The van der Waals surface area contributed by atoms with E-state index in [9.17, 15) is 19.2 Å². The van der Waals surface area contributed by atoms with Gasteiger partial charge in [-0.25, -0.2) is 5.43 Å². The van der Waals surface area contributed by atoms with Crippen molar-refractivity contribution in [3.05, 3.63) is 71.8 Å². The van der Waals surface area contributed by atoms with E-state index < -0.39 is 25.0 Å². The molecule has 1 heterocycles. The second kappa shape index (κ2) is 10.2. The molecule has 0 radical (unpaired) electrons.